The van der Waals surface area contributed by atoms with Crippen LogP contribution < -0.4 is 0 Å². The third kappa shape index (κ3) is 5.57. The van der Waals surface area contributed by atoms with E-state index in [4.69, 9.17) is 16.3 Å². The molecule has 2 atom stereocenters. The smallest absolute Gasteiger partial charge is 0.307 e. The fraction of sp³-hybridized carbons (Fsp3) is 0.435. The van der Waals surface area contributed by atoms with E-state index in [1.807, 2.05) is 36.4 Å². The molecule has 0 saturated carbocycles. The van der Waals surface area contributed by atoms with Crippen LogP contribution in [0.1, 0.15) is 42.4 Å². The summed E-state index contributed by atoms with van der Waals surface area (Å²) in [6.07, 6.45) is 2.64. The van der Waals surface area contributed by atoms with Gasteiger partial charge < -0.3 is 9.64 Å². The number of fused-ring (bicyclic) bond motifs is 1. The molecular weight excluding hydrogens is 358 g/mol. The molecule has 0 spiro atoms. The fourth-order valence-electron chi connectivity index (χ4n) is 3.90. The maximum Gasteiger partial charge on any atom is 0.307 e. The predicted molar refractivity (Wildman–Crippen MR) is 110 cm³/mol. The standard InChI is InChI=1S/C23H28ClNO2/c1-17-14-19-8-9-20(24)15-22(19)21(17)10-12-25(2)13-11-23(26)27-16-18-6-4-3-5-7-18/h3-9,15,17,21H,10-14,16H2,1-2H3. The molecule has 0 radical (unpaired) electrons. The van der Waals surface area contributed by atoms with Crippen molar-refractivity contribution in [3.8, 4) is 0 Å². The molecule has 1 aliphatic rings. The van der Waals surface area contributed by atoms with Crippen LogP contribution in [0.15, 0.2) is 48.5 Å². The first kappa shape index (κ1) is 19.9. The maximum atomic E-state index is 12.0. The highest BCUT2D eigenvalue weighted by atomic mass is 35.5. The van der Waals surface area contributed by atoms with E-state index in [0.717, 1.165) is 36.5 Å². The van der Waals surface area contributed by atoms with Gasteiger partial charge in [0, 0.05) is 11.6 Å². The SMILES string of the molecule is CC1Cc2ccc(Cl)cc2C1CCN(C)CCC(=O)OCc1ccccc1. The van der Waals surface area contributed by atoms with Gasteiger partial charge in [-0.1, -0.05) is 54.9 Å². The van der Waals surface area contributed by atoms with Crippen LogP contribution >= 0.6 is 11.6 Å². The molecule has 0 fully saturated rings. The first-order valence-electron chi connectivity index (χ1n) is 9.69. The lowest BCUT2D eigenvalue weighted by atomic mass is 9.91. The quantitative estimate of drug-likeness (QED) is 0.594. The molecule has 0 heterocycles. The Morgan fingerprint density at radius 1 is 1.19 bits per heavy atom. The summed E-state index contributed by atoms with van der Waals surface area (Å²) in [5, 5.41) is 0.822. The lowest BCUT2D eigenvalue weighted by molar-refractivity contribution is -0.145. The number of nitrogens with zero attached hydrogens (tertiary/aromatic N) is 1. The summed E-state index contributed by atoms with van der Waals surface area (Å²) < 4.78 is 5.35. The zero-order valence-electron chi connectivity index (χ0n) is 16.2. The molecule has 0 saturated heterocycles. The molecular formula is C23H28ClNO2. The van der Waals surface area contributed by atoms with Gasteiger partial charge in [-0.2, -0.15) is 0 Å². The van der Waals surface area contributed by atoms with Crippen LogP contribution in [0.3, 0.4) is 0 Å². The Balaban J connectivity index is 1.40. The number of rotatable bonds is 8. The van der Waals surface area contributed by atoms with E-state index in [1.165, 1.54) is 11.1 Å². The lowest BCUT2D eigenvalue weighted by Crippen LogP contribution is -2.25. The first-order valence-corrected chi connectivity index (χ1v) is 10.1. The van der Waals surface area contributed by atoms with Gasteiger partial charge in [-0.25, -0.2) is 0 Å². The number of carbonyl (C=O) groups excluding carboxylic acids is 1. The molecule has 3 rings (SSSR count). The Morgan fingerprint density at radius 2 is 1.96 bits per heavy atom. The van der Waals surface area contributed by atoms with Gasteiger partial charge in [-0.3, -0.25) is 4.79 Å². The second-order valence-electron chi connectivity index (χ2n) is 7.62. The molecule has 2 aromatic rings. The molecule has 2 aromatic carbocycles. The van der Waals surface area contributed by atoms with Crippen molar-refractivity contribution < 1.29 is 9.53 Å². The molecule has 27 heavy (non-hydrogen) atoms. The molecule has 144 valence electrons. The van der Waals surface area contributed by atoms with Gasteiger partial charge in [-0.05, 0) is 67.1 Å². The Kier molecular flexibility index (Phi) is 6.92. The summed E-state index contributed by atoms with van der Waals surface area (Å²) in [6.45, 7) is 4.35. The fourth-order valence-corrected chi connectivity index (χ4v) is 4.08. The molecule has 0 bridgehead atoms. The van der Waals surface area contributed by atoms with Gasteiger partial charge in [0.2, 0.25) is 0 Å². The van der Waals surface area contributed by atoms with Gasteiger partial charge in [0.25, 0.3) is 0 Å². The summed E-state index contributed by atoms with van der Waals surface area (Å²) >= 11 is 6.20. The highest BCUT2D eigenvalue weighted by Crippen LogP contribution is 2.41. The van der Waals surface area contributed by atoms with Crippen molar-refractivity contribution in [2.24, 2.45) is 5.92 Å². The monoisotopic (exact) mass is 385 g/mol. The van der Waals surface area contributed by atoms with Crippen LogP contribution in [-0.4, -0.2) is 31.0 Å². The summed E-state index contributed by atoms with van der Waals surface area (Å²) in [5.41, 5.74) is 3.86. The number of hydrogen-bond acceptors (Lipinski definition) is 3. The topological polar surface area (TPSA) is 29.5 Å². The number of benzene rings is 2. The summed E-state index contributed by atoms with van der Waals surface area (Å²) in [4.78, 5) is 14.2. The molecule has 2 unspecified atom stereocenters. The third-order valence-corrected chi connectivity index (χ3v) is 5.73. The third-order valence-electron chi connectivity index (χ3n) is 5.50. The van der Waals surface area contributed by atoms with Crippen LogP contribution in [0.25, 0.3) is 0 Å². The van der Waals surface area contributed by atoms with Gasteiger partial charge in [0.05, 0.1) is 6.42 Å². The predicted octanol–water partition coefficient (Wildman–Crippen LogP) is 5.07. The largest absolute Gasteiger partial charge is 0.461 e. The van der Waals surface area contributed by atoms with Crippen LogP contribution in [0, 0.1) is 5.92 Å². The van der Waals surface area contributed by atoms with Gasteiger partial charge in [0.1, 0.15) is 6.61 Å². The molecule has 1 aliphatic carbocycles. The van der Waals surface area contributed by atoms with Crippen molar-refractivity contribution in [3.63, 3.8) is 0 Å². The Hall–Kier alpha value is -1.84. The number of carbonyl (C=O) groups is 1. The zero-order valence-corrected chi connectivity index (χ0v) is 16.9. The highest BCUT2D eigenvalue weighted by molar-refractivity contribution is 6.30. The minimum atomic E-state index is -0.142. The van der Waals surface area contributed by atoms with Gasteiger partial charge >= 0.3 is 5.97 Å². The van der Waals surface area contributed by atoms with E-state index in [-0.39, 0.29) is 5.97 Å². The van der Waals surface area contributed by atoms with Crippen molar-refractivity contribution in [1.29, 1.82) is 0 Å². The van der Waals surface area contributed by atoms with Crippen molar-refractivity contribution in [3.05, 3.63) is 70.2 Å². The van der Waals surface area contributed by atoms with E-state index in [1.54, 1.807) is 0 Å². The molecule has 0 amide bonds. The van der Waals surface area contributed by atoms with Crippen molar-refractivity contribution in [1.82, 2.24) is 4.90 Å². The average Bonchev–Trinajstić information content (AvgIpc) is 2.98. The van der Waals surface area contributed by atoms with E-state index in [0.29, 0.717) is 24.9 Å². The van der Waals surface area contributed by atoms with Crippen molar-refractivity contribution in [2.75, 3.05) is 20.1 Å². The maximum absolute atomic E-state index is 12.0. The van der Waals surface area contributed by atoms with E-state index in [9.17, 15) is 4.79 Å². The van der Waals surface area contributed by atoms with Gasteiger partial charge in [0.15, 0.2) is 0 Å². The van der Waals surface area contributed by atoms with Crippen LogP contribution in [0.4, 0.5) is 0 Å². The number of esters is 1. The zero-order chi connectivity index (χ0) is 19.2. The summed E-state index contributed by atoms with van der Waals surface area (Å²) in [5.74, 6) is 1.05. The Labute approximate surface area is 167 Å². The number of ether oxygens (including phenoxy) is 1. The minimum absolute atomic E-state index is 0.142. The van der Waals surface area contributed by atoms with Gasteiger partial charge in [-0.15, -0.1) is 0 Å². The van der Waals surface area contributed by atoms with Crippen molar-refractivity contribution in [2.45, 2.75) is 38.7 Å². The Morgan fingerprint density at radius 3 is 2.74 bits per heavy atom. The molecule has 0 N–H and O–H groups in total. The minimum Gasteiger partial charge on any atom is -0.461 e. The first-order chi connectivity index (χ1) is 13.0. The lowest BCUT2D eigenvalue weighted by Gasteiger charge is -2.22. The highest BCUT2D eigenvalue weighted by Gasteiger charge is 2.29. The summed E-state index contributed by atoms with van der Waals surface area (Å²) in [6, 6.07) is 16.1. The van der Waals surface area contributed by atoms with Crippen LogP contribution in [0.2, 0.25) is 5.02 Å². The van der Waals surface area contributed by atoms with E-state index in [2.05, 4.69) is 31.0 Å². The Bertz CT molecular complexity index is 762. The van der Waals surface area contributed by atoms with E-state index < -0.39 is 0 Å². The normalized spacial score (nSPS) is 18.5. The molecule has 0 aromatic heterocycles. The number of halogens is 1. The summed E-state index contributed by atoms with van der Waals surface area (Å²) in [7, 11) is 2.07. The molecule has 3 nitrogen and oxygen atoms in total. The molecule has 4 heteroatoms. The van der Waals surface area contributed by atoms with E-state index >= 15 is 0 Å². The second kappa shape index (κ2) is 9.38. The molecule has 0 aliphatic heterocycles. The second-order valence-corrected chi connectivity index (χ2v) is 8.06. The van der Waals surface area contributed by atoms with Crippen LogP contribution in [0.5, 0.6) is 0 Å². The average molecular weight is 386 g/mol. The number of hydrogen-bond donors (Lipinski definition) is 0. The van der Waals surface area contributed by atoms with Crippen molar-refractivity contribution >= 4 is 17.6 Å². The van der Waals surface area contributed by atoms with Crippen LogP contribution in [-0.2, 0) is 22.6 Å².